The number of ether oxygens (including phenoxy) is 1. The number of carbonyl (C=O) groups is 1. The van der Waals surface area contributed by atoms with E-state index >= 15 is 0 Å². The Morgan fingerprint density at radius 3 is 2.60 bits per heavy atom. The maximum Gasteiger partial charge on any atom is 0.312 e. The van der Waals surface area contributed by atoms with Gasteiger partial charge in [0.1, 0.15) is 0 Å². The molecule has 3 heteroatoms. The van der Waals surface area contributed by atoms with Crippen LogP contribution in [0.1, 0.15) is 13.8 Å². The highest BCUT2D eigenvalue weighted by atomic mass is 16.6. The first kappa shape index (κ1) is 9.16. The van der Waals surface area contributed by atoms with Crippen molar-refractivity contribution in [2.75, 3.05) is 0 Å². The first-order valence-corrected chi connectivity index (χ1v) is 5.35. The van der Waals surface area contributed by atoms with Gasteiger partial charge in [-0.1, -0.05) is 23.3 Å². The third-order valence-electron chi connectivity index (χ3n) is 3.88. The minimum atomic E-state index is -0.906. The van der Waals surface area contributed by atoms with Crippen molar-refractivity contribution in [3.05, 3.63) is 23.3 Å². The lowest BCUT2D eigenvalue weighted by Gasteiger charge is -2.17. The molecule has 0 aromatic heterocycles. The van der Waals surface area contributed by atoms with Gasteiger partial charge in [0.15, 0.2) is 0 Å². The van der Waals surface area contributed by atoms with Gasteiger partial charge in [-0.2, -0.15) is 0 Å². The van der Waals surface area contributed by atoms with Gasteiger partial charge < -0.3 is 9.84 Å². The van der Waals surface area contributed by atoms with Crippen molar-refractivity contribution in [2.45, 2.75) is 20.1 Å². The lowest BCUT2D eigenvalue weighted by molar-refractivity contribution is -0.158. The molecule has 0 aromatic carbocycles. The first-order valence-electron chi connectivity index (χ1n) is 5.35. The molecule has 0 radical (unpaired) electrons. The molecule has 1 aliphatic heterocycles. The molecule has 3 rings (SSSR count). The summed E-state index contributed by atoms with van der Waals surface area (Å²) in [6.45, 7) is 4.14. The monoisotopic (exact) mass is 206 g/mol. The minimum absolute atomic E-state index is 0.0441. The number of fused-ring (bicyclic) bond motifs is 5. The van der Waals surface area contributed by atoms with Gasteiger partial charge in [-0.3, -0.25) is 4.79 Å². The fourth-order valence-corrected chi connectivity index (χ4v) is 3.38. The number of allylic oxidation sites excluding steroid dienone is 4. The summed E-state index contributed by atoms with van der Waals surface area (Å²) < 4.78 is 4.89. The molecule has 1 N–H and O–H groups in total. The third kappa shape index (κ3) is 0.965. The van der Waals surface area contributed by atoms with Gasteiger partial charge in [-0.15, -0.1) is 0 Å². The highest BCUT2D eigenvalue weighted by Gasteiger charge is 2.59. The number of carbonyl (C=O) groups excluding carboxylic acids is 1. The predicted octanol–water partition coefficient (Wildman–Crippen LogP) is 1.25. The van der Waals surface area contributed by atoms with E-state index < -0.39 is 6.29 Å². The topological polar surface area (TPSA) is 46.5 Å². The van der Waals surface area contributed by atoms with E-state index in [9.17, 15) is 9.90 Å². The van der Waals surface area contributed by atoms with E-state index in [4.69, 9.17) is 4.74 Å². The maximum atomic E-state index is 11.6. The summed E-state index contributed by atoms with van der Waals surface area (Å²) in [5, 5.41) is 9.69. The molecule has 3 nitrogen and oxygen atoms in total. The fraction of sp³-hybridized carbons (Fsp3) is 0.583. The summed E-state index contributed by atoms with van der Waals surface area (Å²) in [7, 11) is 0. The maximum absolute atomic E-state index is 11.6. The van der Waals surface area contributed by atoms with Crippen molar-refractivity contribution in [3.8, 4) is 0 Å². The normalized spacial score (nSPS) is 45.9. The molecule has 5 atom stereocenters. The van der Waals surface area contributed by atoms with Gasteiger partial charge in [0.05, 0.1) is 5.92 Å². The molecule has 2 aliphatic carbocycles. The highest BCUT2D eigenvalue weighted by Crippen LogP contribution is 2.57. The minimum Gasteiger partial charge on any atom is -0.435 e. The fourth-order valence-electron chi connectivity index (χ4n) is 3.38. The van der Waals surface area contributed by atoms with Crippen LogP contribution in [0.25, 0.3) is 0 Å². The lowest BCUT2D eigenvalue weighted by atomic mass is 9.85. The number of cyclic esters (lactones) is 1. The Labute approximate surface area is 88.4 Å². The first-order chi connectivity index (χ1) is 7.11. The van der Waals surface area contributed by atoms with Crippen LogP contribution in [0.4, 0.5) is 0 Å². The van der Waals surface area contributed by atoms with E-state index in [0.29, 0.717) is 0 Å². The SMILES string of the molecule is CC(C)=C1C2C=CC1C1C(O)OC(=O)C21. The Morgan fingerprint density at radius 2 is 2.00 bits per heavy atom. The smallest absolute Gasteiger partial charge is 0.312 e. The van der Waals surface area contributed by atoms with E-state index in [1.165, 1.54) is 11.1 Å². The van der Waals surface area contributed by atoms with Crippen LogP contribution in [0.5, 0.6) is 0 Å². The zero-order chi connectivity index (χ0) is 10.7. The summed E-state index contributed by atoms with van der Waals surface area (Å²) in [5.74, 6) is -0.0264. The number of hydrogen-bond donors (Lipinski definition) is 1. The van der Waals surface area contributed by atoms with Crippen molar-refractivity contribution in [1.82, 2.24) is 0 Å². The van der Waals surface area contributed by atoms with Gasteiger partial charge in [0, 0.05) is 17.8 Å². The lowest BCUT2D eigenvalue weighted by Crippen LogP contribution is -2.24. The van der Waals surface area contributed by atoms with Crippen LogP contribution in [0.3, 0.4) is 0 Å². The zero-order valence-electron chi connectivity index (χ0n) is 8.81. The number of hydrogen-bond acceptors (Lipinski definition) is 3. The van der Waals surface area contributed by atoms with Crippen molar-refractivity contribution in [3.63, 3.8) is 0 Å². The molecule has 80 valence electrons. The van der Waals surface area contributed by atoms with Crippen LogP contribution in [-0.4, -0.2) is 17.4 Å². The summed E-state index contributed by atoms with van der Waals surface area (Å²) >= 11 is 0. The predicted molar refractivity (Wildman–Crippen MR) is 53.6 cm³/mol. The Morgan fingerprint density at radius 1 is 1.33 bits per heavy atom. The molecule has 15 heavy (non-hydrogen) atoms. The van der Waals surface area contributed by atoms with E-state index in [1.54, 1.807) is 0 Å². The zero-order valence-corrected chi connectivity index (χ0v) is 8.81. The second kappa shape index (κ2) is 2.73. The average Bonchev–Trinajstić information content (AvgIpc) is 2.77. The van der Waals surface area contributed by atoms with Crippen molar-refractivity contribution < 1.29 is 14.6 Å². The second-order valence-electron chi connectivity index (χ2n) is 4.82. The standard InChI is InChI=1S/C12H14O3/c1-5(2)8-6-3-4-7(8)10-9(6)11(13)15-12(10)14/h3-4,6-7,9-11,13H,1-2H3. The molecule has 1 saturated heterocycles. The van der Waals surface area contributed by atoms with Crippen LogP contribution >= 0.6 is 0 Å². The molecule has 0 amide bonds. The van der Waals surface area contributed by atoms with E-state index in [1.807, 2.05) is 0 Å². The van der Waals surface area contributed by atoms with E-state index in [2.05, 4.69) is 26.0 Å². The summed E-state index contributed by atoms with van der Waals surface area (Å²) in [5.41, 5.74) is 2.59. The quantitative estimate of drug-likeness (QED) is 0.479. The van der Waals surface area contributed by atoms with Crippen molar-refractivity contribution >= 4 is 5.97 Å². The van der Waals surface area contributed by atoms with E-state index in [-0.39, 0.29) is 29.6 Å². The summed E-state index contributed by atoms with van der Waals surface area (Å²) in [4.78, 5) is 11.6. The van der Waals surface area contributed by atoms with E-state index in [0.717, 1.165) is 0 Å². The number of aliphatic hydroxyl groups is 1. The average molecular weight is 206 g/mol. The number of rotatable bonds is 0. The molecule has 3 aliphatic rings. The van der Waals surface area contributed by atoms with Gasteiger partial charge in [-0.05, 0) is 13.8 Å². The largest absolute Gasteiger partial charge is 0.435 e. The molecule has 2 fully saturated rings. The molecular weight excluding hydrogens is 192 g/mol. The summed E-state index contributed by atoms with van der Waals surface area (Å²) in [6, 6.07) is 0. The number of esters is 1. The molecule has 2 bridgehead atoms. The highest BCUT2D eigenvalue weighted by molar-refractivity contribution is 5.78. The summed E-state index contributed by atoms with van der Waals surface area (Å²) in [6.07, 6.45) is 3.30. The Bertz CT molecular complexity index is 390. The molecule has 1 heterocycles. The van der Waals surface area contributed by atoms with Crippen LogP contribution < -0.4 is 0 Å². The number of aliphatic hydroxyl groups excluding tert-OH is 1. The van der Waals surface area contributed by atoms with Crippen LogP contribution in [-0.2, 0) is 9.53 Å². The van der Waals surface area contributed by atoms with Gasteiger partial charge in [-0.25, -0.2) is 0 Å². The van der Waals surface area contributed by atoms with Crippen molar-refractivity contribution in [1.29, 1.82) is 0 Å². The third-order valence-corrected chi connectivity index (χ3v) is 3.88. The van der Waals surface area contributed by atoms with Gasteiger partial charge in [0.25, 0.3) is 0 Å². The Balaban J connectivity index is 2.10. The van der Waals surface area contributed by atoms with Crippen LogP contribution in [0, 0.1) is 23.7 Å². The van der Waals surface area contributed by atoms with Gasteiger partial charge in [0.2, 0.25) is 6.29 Å². The molecule has 1 saturated carbocycles. The molecule has 5 unspecified atom stereocenters. The Hall–Kier alpha value is -1.09. The molecule has 0 spiro atoms. The molecule has 0 aromatic rings. The van der Waals surface area contributed by atoms with Crippen LogP contribution in [0.15, 0.2) is 23.3 Å². The Kier molecular flexibility index (Phi) is 1.67. The molecular formula is C12H14O3. The van der Waals surface area contributed by atoms with Crippen LogP contribution in [0.2, 0.25) is 0 Å². The second-order valence-corrected chi connectivity index (χ2v) is 4.82. The van der Waals surface area contributed by atoms with Crippen molar-refractivity contribution in [2.24, 2.45) is 23.7 Å². The van der Waals surface area contributed by atoms with Gasteiger partial charge >= 0.3 is 5.97 Å².